The number of nitrogens with zero attached hydrogens (tertiary/aromatic N) is 1. The Kier molecular flexibility index (Phi) is 4.81. The van der Waals surface area contributed by atoms with Crippen LogP contribution in [0, 0.1) is 0 Å². The van der Waals surface area contributed by atoms with Crippen LogP contribution in [0.2, 0.25) is 0 Å². The minimum Gasteiger partial charge on any atom is -0.389 e. The fourth-order valence-corrected chi connectivity index (χ4v) is 1.72. The predicted molar refractivity (Wildman–Crippen MR) is 56.2 cm³/mol. The first-order chi connectivity index (χ1) is 6.59. The molecule has 2 atom stereocenters. The first kappa shape index (κ1) is 11.9. The van der Waals surface area contributed by atoms with Gasteiger partial charge in [-0.2, -0.15) is 0 Å². The Hall–Kier alpha value is -0.160. The van der Waals surface area contributed by atoms with Crippen LogP contribution in [0.25, 0.3) is 0 Å². The van der Waals surface area contributed by atoms with Gasteiger partial charge in [0.15, 0.2) is 0 Å². The van der Waals surface area contributed by atoms with Gasteiger partial charge in [0.25, 0.3) is 0 Å². The lowest BCUT2D eigenvalue weighted by atomic mass is 10.3. The van der Waals surface area contributed by atoms with Crippen molar-refractivity contribution in [3.8, 4) is 0 Å². The first-order valence-electron chi connectivity index (χ1n) is 5.41. The third-order valence-electron chi connectivity index (χ3n) is 2.54. The van der Waals surface area contributed by atoms with Crippen LogP contribution in [0.1, 0.15) is 20.3 Å². The summed E-state index contributed by atoms with van der Waals surface area (Å²) in [5.41, 5.74) is 0. The minimum atomic E-state index is -0.548. The van der Waals surface area contributed by atoms with Crippen molar-refractivity contribution in [3.63, 3.8) is 0 Å². The standard InChI is InChI=1S/C10H22N2O2/c1-8(2)11-4-3-5-12-6-9(13)10(14)7-12/h8-11,13-14H,3-7H2,1-2H3. The molecule has 0 spiro atoms. The summed E-state index contributed by atoms with van der Waals surface area (Å²) in [6.07, 6.45) is -0.0291. The molecule has 1 saturated heterocycles. The zero-order chi connectivity index (χ0) is 10.6. The van der Waals surface area contributed by atoms with Crippen LogP contribution in [0.5, 0.6) is 0 Å². The summed E-state index contributed by atoms with van der Waals surface area (Å²) in [4.78, 5) is 2.11. The van der Waals surface area contributed by atoms with E-state index in [1.165, 1.54) is 0 Å². The van der Waals surface area contributed by atoms with Crippen molar-refractivity contribution < 1.29 is 10.2 Å². The smallest absolute Gasteiger partial charge is 0.0938 e. The van der Waals surface area contributed by atoms with Gasteiger partial charge in [0.05, 0.1) is 12.2 Å². The van der Waals surface area contributed by atoms with Gasteiger partial charge in [-0.3, -0.25) is 4.90 Å². The first-order valence-corrected chi connectivity index (χ1v) is 5.41. The maximum Gasteiger partial charge on any atom is 0.0938 e. The highest BCUT2D eigenvalue weighted by molar-refractivity contribution is 4.82. The van der Waals surface area contributed by atoms with Gasteiger partial charge in [-0.1, -0.05) is 13.8 Å². The van der Waals surface area contributed by atoms with Gasteiger partial charge in [0, 0.05) is 19.1 Å². The quantitative estimate of drug-likeness (QED) is 0.522. The molecule has 1 rings (SSSR count). The lowest BCUT2D eigenvalue weighted by molar-refractivity contribution is 0.0572. The van der Waals surface area contributed by atoms with Gasteiger partial charge in [0.1, 0.15) is 0 Å². The molecule has 14 heavy (non-hydrogen) atoms. The van der Waals surface area contributed by atoms with E-state index in [2.05, 4.69) is 24.1 Å². The van der Waals surface area contributed by atoms with Crippen molar-refractivity contribution in [1.82, 2.24) is 10.2 Å². The van der Waals surface area contributed by atoms with Crippen molar-refractivity contribution in [1.29, 1.82) is 0 Å². The van der Waals surface area contributed by atoms with Gasteiger partial charge < -0.3 is 15.5 Å². The number of aliphatic hydroxyl groups is 2. The van der Waals surface area contributed by atoms with Crippen molar-refractivity contribution in [2.75, 3.05) is 26.2 Å². The van der Waals surface area contributed by atoms with Gasteiger partial charge >= 0.3 is 0 Å². The molecule has 1 aliphatic rings. The molecule has 0 aromatic heterocycles. The molecule has 84 valence electrons. The molecule has 0 aromatic carbocycles. The highest BCUT2D eigenvalue weighted by atomic mass is 16.3. The third-order valence-corrected chi connectivity index (χ3v) is 2.54. The van der Waals surface area contributed by atoms with Crippen LogP contribution >= 0.6 is 0 Å². The summed E-state index contributed by atoms with van der Waals surface area (Å²) < 4.78 is 0. The lowest BCUT2D eigenvalue weighted by Crippen LogP contribution is -2.29. The van der Waals surface area contributed by atoms with Gasteiger partial charge in [-0.15, -0.1) is 0 Å². The van der Waals surface area contributed by atoms with Gasteiger partial charge in [-0.25, -0.2) is 0 Å². The van der Waals surface area contributed by atoms with Crippen molar-refractivity contribution in [3.05, 3.63) is 0 Å². The van der Waals surface area contributed by atoms with Crippen LogP contribution in [0.4, 0.5) is 0 Å². The molecule has 1 aliphatic heterocycles. The number of aliphatic hydroxyl groups excluding tert-OH is 2. The summed E-state index contributed by atoms with van der Waals surface area (Å²) in [5.74, 6) is 0. The molecule has 1 heterocycles. The van der Waals surface area contributed by atoms with E-state index in [1.54, 1.807) is 0 Å². The van der Waals surface area contributed by atoms with E-state index in [9.17, 15) is 10.2 Å². The molecular formula is C10H22N2O2. The maximum absolute atomic E-state index is 9.31. The van der Waals surface area contributed by atoms with Crippen molar-refractivity contribution in [2.45, 2.75) is 38.5 Å². The highest BCUT2D eigenvalue weighted by Gasteiger charge is 2.28. The van der Waals surface area contributed by atoms with Crippen molar-refractivity contribution in [2.24, 2.45) is 0 Å². The van der Waals surface area contributed by atoms with Crippen LogP contribution in [-0.2, 0) is 0 Å². The van der Waals surface area contributed by atoms with E-state index < -0.39 is 12.2 Å². The van der Waals surface area contributed by atoms with Crippen LogP contribution in [0.3, 0.4) is 0 Å². The molecule has 4 nitrogen and oxygen atoms in total. The Bertz CT molecular complexity index is 154. The average molecular weight is 202 g/mol. The average Bonchev–Trinajstić information content (AvgIpc) is 2.40. The molecule has 0 aliphatic carbocycles. The van der Waals surface area contributed by atoms with E-state index in [0.29, 0.717) is 19.1 Å². The number of likely N-dealkylation sites (tertiary alicyclic amines) is 1. The SMILES string of the molecule is CC(C)NCCCN1CC(O)C(O)C1. The Labute approximate surface area is 85.9 Å². The Morgan fingerprint density at radius 2 is 1.86 bits per heavy atom. The number of rotatable bonds is 5. The number of β-amino-alcohol motifs (C(OH)–C–C–N with tert-alkyl or cyclic N) is 2. The normalized spacial score (nSPS) is 28.9. The van der Waals surface area contributed by atoms with Gasteiger partial charge in [0.2, 0.25) is 0 Å². The van der Waals surface area contributed by atoms with E-state index in [1.807, 2.05) is 0 Å². The zero-order valence-electron chi connectivity index (χ0n) is 9.11. The predicted octanol–water partition coefficient (Wildman–Crippen LogP) is -0.588. The van der Waals surface area contributed by atoms with E-state index in [0.717, 1.165) is 19.5 Å². The van der Waals surface area contributed by atoms with Crippen LogP contribution < -0.4 is 5.32 Å². The molecular weight excluding hydrogens is 180 g/mol. The molecule has 0 saturated carbocycles. The summed E-state index contributed by atoms with van der Waals surface area (Å²) in [5, 5.41) is 22.0. The topological polar surface area (TPSA) is 55.7 Å². The minimum absolute atomic E-state index is 0.532. The Balaban J connectivity index is 2.03. The summed E-state index contributed by atoms with van der Waals surface area (Å²) in [6, 6.07) is 0.532. The molecule has 0 bridgehead atoms. The third kappa shape index (κ3) is 3.92. The van der Waals surface area contributed by atoms with Crippen LogP contribution in [-0.4, -0.2) is 59.5 Å². The lowest BCUT2D eigenvalue weighted by Gasteiger charge is -2.15. The van der Waals surface area contributed by atoms with E-state index in [4.69, 9.17) is 0 Å². The Morgan fingerprint density at radius 1 is 1.29 bits per heavy atom. The molecule has 0 radical (unpaired) electrons. The summed E-state index contributed by atoms with van der Waals surface area (Å²) in [7, 11) is 0. The maximum atomic E-state index is 9.31. The highest BCUT2D eigenvalue weighted by Crippen LogP contribution is 2.09. The zero-order valence-corrected chi connectivity index (χ0v) is 9.11. The fraction of sp³-hybridized carbons (Fsp3) is 1.00. The molecule has 4 heteroatoms. The molecule has 1 fully saturated rings. The van der Waals surface area contributed by atoms with E-state index in [-0.39, 0.29) is 0 Å². The second-order valence-electron chi connectivity index (χ2n) is 4.36. The summed E-state index contributed by atoms with van der Waals surface area (Å²) >= 11 is 0. The molecule has 3 N–H and O–H groups in total. The second kappa shape index (κ2) is 5.66. The van der Waals surface area contributed by atoms with Gasteiger partial charge in [-0.05, 0) is 19.5 Å². The van der Waals surface area contributed by atoms with Crippen molar-refractivity contribution >= 4 is 0 Å². The molecule has 0 aromatic rings. The number of hydrogen-bond donors (Lipinski definition) is 3. The van der Waals surface area contributed by atoms with Crippen LogP contribution in [0.15, 0.2) is 0 Å². The fourth-order valence-electron chi connectivity index (χ4n) is 1.72. The monoisotopic (exact) mass is 202 g/mol. The largest absolute Gasteiger partial charge is 0.389 e. The van der Waals surface area contributed by atoms with E-state index >= 15 is 0 Å². The second-order valence-corrected chi connectivity index (χ2v) is 4.36. The number of nitrogens with one attached hydrogen (secondary N) is 1. The number of hydrogen-bond acceptors (Lipinski definition) is 4. The summed E-state index contributed by atoms with van der Waals surface area (Å²) in [6.45, 7) is 7.44. The molecule has 2 unspecified atom stereocenters. The molecule has 0 amide bonds. The Morgan fingerprint density at radius 3 is 2.36 bits per heavy atom.